The first-order valence-corrected chi connectivity index (χ1v) is 5.46. The minimum atomic E-state index is -0.519. The number of hydrogen-bond acceptors (Lipinski definition) is 3. The predicted octanol–water partition coefficient (Wildman–Crippen LogP) is 2.28. The van der Waals surface area contributed by atoms with E-state index >= 15 is 0 Å². The van der Waals surface area contributed by atoms with Crippen molar-refractivity contribution >= 4 is 15.9 Å². The largest absolute Gasteiger partial charge is 0.495 e. The fourth-order valence-corrected chi connectivity index (χ4v) is 1.96. The van der Waals surface area contributed by atoms with Crippen molar-refractivity contribution in [1.29, 1.82) is 0 Å². The third kappa shape index (κ3) is 2.33. The van der Waals surface area contributed by atoms with Crippen molar-refractivity contribution in [2.75, 3.05) is 20.8 Å². The van der Waals surface area contributed by atoms with Crippen LogP contribution >= 0.6 is 15.9 Å². The van der Waals surface area contributed by atoms with Crippen molar-refractivity contribution in [2.45, 2.75) is 12.5 Å². The molecule has 15 heavy (non-hydrogen) atoms. The van der Waals surface area contributed by atoms with Gasteiger partial charge in [-0.05, 0) is 28.9 Å². The highest BCUT2D eigenvalue weighted by Crippen LogP contribution is 2.36. The summed E-state index contributed by atoms with van der Waals surface area (Å²) >= 11 is 3.44. The molecule has 0 amide bonds. The molecule has 0 bridgehead atoms. The van der Waals surface area contributed by atoms with Gasteiger partial charge in [-0.25, -0.2) is 0 Å². The van der Waals surface area contributed by atoms with E-state index in [1.54, 1.807) is 14.2 Å². The summed E-state index contributed by atoms with van der Waals surface area (Å²) < 4.78 is 11.7. The Kier molecular flexibility index (Phi) is 4.13. The molecule has 84 valence electrons. The summed E-state index contributed by atoms with van der Waals surface area (Å²) in [7, 11) is 3.28. The molecule has 1 aromatic rings. The number of hydrogen-bond donors (Lipinski definition) is 1. The molecule has 0 saturated carbocycles. The van der Waals surface area contributed by atoms with Crippen LogP contribution in [0.2, 0.25) is 0 Å². The van der Waals surface area contributed by atoms with E-state index in [1.807, 2.05) is 25.1 Å². The number of benzene rings is 1. The van der Waals surface area contributed by atoms with Gasteiger partial charge in [-0.3, -0.25) is 0 Å². The van der Waals surface area contributed by atoms with E-state index < -0.39 is 5.60 Å². The Bertz CT molecular complexity index is 337. The molecule has 1 aromatic carbocycles. The number of rotatable bonds is 4. The molecule has 0 aromatic heterocycles. The lowest BCUT2D eigenvalue weighted by Crippen LogP contribution is -2.34. The van der Waals surface area contributed by atoms with Crippen molar-refractivity contribution in [2.24, 2.45) is 5.73 Å². The van der Waals surface area contributed by atoms with Gasteiger partial charge >= 0.3 is 0 Å². The Balaban J connectivity index is 3.29. The summed E-state index contributed by atoms with van der Waals surface area (Å²) in [5.74, 6) is 0.771. The first-order chi connectivity index (χ1) is 7.09. The number of halogens is 1. The summed E-state index contributed by atoms with van der Waals surface area (Å²) in [6.45, 7) is 2.34. The van der Waals surface area contributed by atoms with E-state index in [-0.39, 0.29) is 0 Å². The lowest BCUT2D eigenvalue weighted by atomic mass is 9.95. The van der Waals surface area contributed by atoms with Gasteiger partial charge in [-0.15, -0.1) is 0 Å². The molecule has 0 heterocycles. The maximum absolute atomic E-state index is 5.73. The third-order valence-corrected chi connectivity index (χ3v) is 3.21. The minimum absolute atomic E-state index is 0.399. The number of methoxy groups -OCH3 is 2. The SMILES string of the molecule is COc1c(Br)cccc1C(C)(CN)OC. The van der Waals surface area contributed by atoms with Gasteiger partial charge in [0.1, 0.15) is 11.4 Å². The van der Waals surface area contributed by atoms with Gasteiger partial charge in [0.15, 0.2) is 0 Å². The summed E-state index contributed by atoms with van der Waals surface area (Å²) in [6, 6.07) is 5.82. The van der Waals surface area contributed by atoms with Gasteiger partial charge in [-0.1, -0.05) is 12.1 Å². The normalized spacial score (nSPS) is 14.7. The molecule has 1 unspecified atom stereocenters. The number of nitrogens with two attached hydrogens (primary N) is 1. The molecule has 0 spiro atoms. The molecule has 0 aliphatic carbocycles. The van der Waals surface area contributed by atoms with Gasteiger partial charge < -0.3 is 15.2 Å². The summed E-state index contributed by atoms with van der Waals surface area (Å²) in [5.41, 5.74) is 6.16. The van der Waals surface area contributed by atoms with Crippen molar-refractivity contribution in [1.82, 2.24) is 0 Å². The molecule has 0 aliphatic heterocycles. The highest BCUT2D eigenvalue weighted by molar-refractivity contribution is 9.10. The zero-order valence-corrected chi connectivity index (χ0v) is 10.8. The average molecular weight is 274 g/mol. The summed E-state index contributed by atoms with van der Waals surface area (Å²) in [4.78, 5) is 0. The van der Waals surface area contributed by atoms with E-state index in [0.717, 1.165) is 15.8 Å². The van der Waals surface area contributed by atoms with Gasteiger partial charge in [0.05, 0.1) is 11.6 Å². The Hall–Kier alpha value is -0.580. The third-order valence-electron chi connectivity index (χ3n) is 2.58. The van der Waals surface area contributed by atoms with Crippen LogP contribution in [0.25, 0.3) is 0 Å². The van der Waals surface area contributed by atoms with E-state index in [4.69, 9.17) is 15.2 Å². The molecule has 0 fully saturated rings. The lowest BCUT2D eigenvalue weighted by Gasteiger charge is -2.28. The minimum Gasteiger partial charge on any atom is -0.495 e. The average Bonchev–Trinajstić information content (AvgIpc) is 2.27. The van der Waals surface area contributed by atoms with Crippen LogP contribution < -0.4 is 10.5 Å². The van der Waals surface area contributed by atoms with Crippen LogP contribution in [0, 0.1) is 0 Å². The molecular weight excluding hydrogens is 258 g/mol. The standard InChI is InChI=1S/C11H16BrNO2/c1-11(7-13,15-3)8-5-4-6-9(12)10(8)14-2/h4-6H,7,13H2,1-3H3. The Labute approximate surface area is 98.7 Å². The van der Waals surface area contributed by atoms with Crippen molar-refractivity contribution in [3.63, 3.8) is 0 Å². The fraction of sp³-hybridized carbons (Fsp3) is 0.455. The topological polar surface area (TPSA) is 44.5 Å². The second-order valence-electron chi connectivity index (χ2n) is 3.46. The zero-order valence-electron chi connectivity index (χ0n) is 9.21. The van der Waals surface area contributed by atoms with Crippen LogP contribution in [0.3, 0.4) is 0 Å². The monoisotopic (exact) mass is 273 g/mol. The van der Waals surface area contributed by atoms with E-state index in [2.05, 4.69) is 15.9 Å². The maximum atomic E-state index is 5.73. The van der Waals surface area contributed by atoms with Crippen LogP contribution in [0.1, 0.15) is 12.5 Å². The van der Waals surface area contributed by atoms with Crippen molar-refractivity contribution < 1.29 is 9.47 Å². The number of para-hydroxylation sites is 1. The molecule has 0 radical (unpaired) electrons. The van der Waals surface area contributed by atoms with E-state index in [1.165, 1.54) is 0 Å². The molecular formula is C11H16BrNO2. The Morgan fingerprint density at radius 3 is 2.53 bits per heavy atom. The highest BCUT2D eigenvalue weighted by atomic mass is 79.9. The zero-order chi connectivity index (χ0) is 11.5. The lowest BCUT2D eigenvalue weighted by molar-refractivity contribution is 0.00814. The highest BCUT2D eigenvalue weighted by Gasteiger charge is 2.28. The quantitative estimate of drug-likeness (QED) is 0.916. The smallest absolute Gasteiger partial charge is 0.139 e. The fourth-order valence-electron chi connectivity index (χ4n) is 1.44. The Morgan fingerprint density at radius 2 is 2.07 bits per heavy atom. The summed E-state index contributed by atoms with van der Waals surface area (Å²) in [5, 5.41) is 0. The molecule has 1 atom stereocenters. The van der Waals surface area contributed by atoms with E-state index in [0.29, 0.717) is 6.54 Å². The molecule has 0 saturated heterocycles. The van der Waals surface area contributed by atoms with Crippen LogP contribution in [0.4, 0.5) is 0 Å². The van der Waals surface area contributed by atoms with Crippen LogP contribution in [-0.4, -0.2) is 20.8 Å². The number of ether oxygens (including phenoxy) is 2. The molecule has 3 nitrogen and oxygen atoms in total. The molecule has 1 rings (SSSR count). The summed E-state index contributed by atoms with van der Waals surface area (Å²) in [6.07, 6.45) is 0. The molecule has 2 N–H and O–H groups in total. The van der Waals surface area contributed by atoms with E-state index in [9.17, 15) is 0 Å². The second kappa shape index (κ2) is 4.96. The van der Waals surface area contributed by atoms with Gasteiger partial charge in [0.25, 0.3) is 0 Å². The predicted molar refractivity (Wildman–Crippen MR) is 64.1 cm³/mol. The Morgan fingerprint density at radius 1 is 1.40 bits per heavy atom. The first kappa shape index (κ1) is 12.5. The second-order valence-corrected chi connectivity index (χ2v) is 4.31. The maximum Gasteiger partial charge on any atom is 0.139 e. The van der Waals surface area contributed by atoms with Gasteiger partial charge in [0.2, 0.25) is 0 Å². The van der Waals surface area contributed by atoms with Crippen LogP contribution in [0.15, 0.2) is 22.7 Å². The molecule has 0 aliphatic rings. The van der Waals surface area contributed by atoms with Gasteiger partial charge in [-0.2, -0.15) is 0 Å². The van der Waals surface area contributed by atoms with Crippen LogP contribution in [-0.2, 0) is 10.3 Å². The molecule has 4 heteroatoms. The van der Waals surface area contributed by atoms with Gasteiger partial charge in [0, 0.05) is 19.2 Å². The van der Waals surface area contributed by atoms with Crippen LogP contribution in [0.5, 0.6) is 5.75 Å². The van der Waals surface area contributed by atoms with Crippen molar-refractivity contribution in [3.05, 3.63) is 28.2 Å². The van der Waals surface area contributed by atoms with Crippen molar-refractivity contribution in [3.8, 4) is 5.75 Å². The first-order valence-electron chi connectivity index (χ1n) is 4.67.